The number of carbonyl (C=O) groups excluding carboxylic acids is 1. The van der Waals surface area contributed by atoms with Crippen molar-refractivity contribution in [3.63, 3.8) is 0 Å². The summed E-state index contributed by atoms with van der Waals surface area (Å²) in [5.41, 5.74) is 0.314. The fourth-order valence-electron chi connectivity index (χ4n) is 2.70. The van der Waals surface area contributed by atoms with Gasteiger partial charge in [0, 0.05) is 20.0 Å². The second kappa shape index (κ2) is 5.43. The van der Waals surface area contributed by atoms with Crippen molar-refractivity contribution in [2.24, 2.45) is 5.41 Å². The Bertz CT molecular complexity index is 462. The molecule has 1 N–H and O–H groups in total. The number of hydrogen-bond acceptors (Lipinski definition) is 2. The van der Waals surface area contributed by atoms with E-state index in [1.807, 2.05) is 30.3 Å². The summed E-state index contributed by atoms with van der Waals surface area (Å²) in [5, 5.41) is 9.57. The van der Waals surface area contributed by atoms with E-state index in [-0.39, 0.29) is 5.91 Å². The van der Waals surface area contributed by atoms with Crippen LogP contribution in [-0.4, -0.2) is 35.0 Å². The highest BCUT2D eigenvalue weighted by atomic mass is 16.4. The first kappa shape index (κ1) is 13.6. The predicted molar refractivity (Wildman–Crippen MR) is 71.7 cm³/mol. The molecule has 2 rings (SSSR count). The van der Waals surface area contributed by atoms with Crippen LogP contribution in [0, 0.1) is 5.41 Å². The molecule has 0 spiro atoms. The highest BCUT2D eigenvalue weighted by molar-refractivity contribution is 5.77. The van der Waals surface area contributed by atoms with Crippen molar-refractivity contribution in [2.75, 3.05) is 13.1 Å². The average Bonchev–Trinajstić information content (AvgIpc) is 2.40. The van der Waals surface area contributed by atoms with E-state index in [2.05, 4.69) is 0 Å². The van der Waals surface area contributed by atoms with Crippen LogP contribution in [0.3, 0.4) is 0 Å². The van der Waals surface area contributed by atoms with E-state index in [0.29, 0.717) is 32.4 Å². The minimum absolute atomic E-state index is 0.0266. The van der Waals surface area contributed by atoms with E-state index in [1.54, 1.807) is 4.90 Å². The lowest BCUT2D eigenvalue weighted by Gasteiger charge is -2.38. The molecule has 0 atom stereocenters. The number of amides is 1. The molecule has 1 fully saturated rings. The molecule has 1 saturated heterocycles. The van der Waals surface area contributed by atoms with Gasteiger partial charge in [0.2, 0.25) is 5.91 Å². The van der Waals surface area contributed by atoms with Gasteiger partial charge in [-0.2, -0.15) is 0 Å². The van der Waals surface area contributed by atoms with Crippen LogP contribution in [-0.2, 0) is 16.0 Å². The van der Waals surface area contributed by atoms with Crippen LogP contribution in [0.5, 0.6) is 0 Å². The molecule has 1 aromatic rings. The highest BCUT2D eigenvalue weighted by Crippen LogP contribution is 2.35. The molecular formula is C15H19NO3. The number of carbonyl (C=O) groups is 2. The molecule has 19 heavy (non-hydrogen) atoms. The highest BCUT2D eigenvalue weighted by Gasteiger charge is 2.41. The van der Waals surface area contributed by atoms with Gasteiger partial charge < -0.3 is 10.0 Å². The molecule has 1 aliphatic heterocycles. The number of carboxylic acid groups (broad SMARTS) is 1. The quantitative estimate of drug-likeness (QED) is 0.904. The Labute approximate surface area is 113 Å². The number of carboxylic acids is 1. The summed E-state index contributed by atoms with van der Waals surface area (Å²) in [5.74, 6) is -0.724. The summed E-state index contributed by atoms with van der Waals surface area (Å²) in [4.78, 5) is 24.7. The average molecular weight is 261 g/mol. The summed E-state index contributed by atoms with van der Waals surface area (Å²) in [6, 6.07) is 9.70. The van der Waals surface area contributed by atoms with Crippen molar-refractivity contribution in [1.82, 2.24) is 4.90 Å². The van der Waals surface area contributed by atoms with Crippen LogP contribution < -0.4 is 0 Å². The maximum Gasteiger partial charge on any atom is 0.310 e. The van der Waals surface area contributed by atoms with Gasteiger partial charge in [0.25, 0.3) is 0 Å². The summed E-state index contributed by atoms with van der Waals surface area (Å²) >= 11 is 0. The number of aliphatic carboxylic acids is 1. The summed E-state index contributed by atoms with van der Waals surface area (Å²) in [6.07, 6.45) is 1.59. The van der Waals surface area contributed by atoms with E-state index in [0.717, 1.165) is 5.56 Å². The third kappa shape index (κ3) is 2.95. The maximum absolute atomic E-state index is 11.7. The molecule has 1 aromatic carbocycles. The fraction of sp³-hybridized carbons (Fsp3) is 0.467. The van der Waals surface area contributed by atoms with Gasteiger partial charge in [0.1, 0.15) is 0 Å². The Kier molecular flexibility index (Phi) is 3.88. The standard InChI is InChI=1S/C15H19NO3/c1-12(17)16-9-7-15(8-10-16,14(18)19)11-13-5-3-2-4-6-13/h2-6H,7-11H2,1H3,(H,18,19). The molecular weight excluding hydrogens is 242 g/mol. The molecule has 4 nitrogen and oxygen atoms in total. The predicted octanol–water partition coefficient (Wildman–Crippen LogP) is 1.94. The van der Waals surface area contributed by atoms with Crippen LogP contribution in [0.1, 0.15) is 25.3 Å². The van der Waals surface area contributed by atoms with Gasteiger partial charge in [0.05, 0.1) is 5.41 Å². The molecule has 0 aromatic heterocycles. The topological polar surface area (TPSA) is 57.6 Å². The Balaban J connectivity index is 2.13. The maximum atomic E-state index is 11.7. The van der Waals surface area contributed by atoms with E-state index in [9.17, 15) is 14.7 Å². The van der Waals surface area contributed by atoms with Crippen molar-refractivity contribution in [2.45, 2.75) is 26.2 Å². The van der Waals surface area contributed by atoms with Gasteiger partial charge in [0.15, 0.2) is 0 Å². The van der Waals surface area contributed by atoms with Gasteiger partial charge in [-0.1, -0.05) is 30.3 Å². The SMILES string of the molecule is CC(=O)N1CCC(Cc2ccccc2)(C(=O)O)CC1. The molecule has 1 aliphatic rings. The zero-order valence-corrected chi connectivity index (χ0v) is 11.1. The monoisotopic (exact) mass is 261 g/mol. The number of hydrogen-bond donors (Lipinski definition) is 1. The second-order valence-corrected chi connectivity index (χ2v) is 5.25. The van der Waals surface area contributed by atoms with Crippen LogP contribution in [0.25, 0.3) is 0 Å². The minimum atomic E-state index is -0.750. The van der Waals surface area contributed by atoms with Crippen molar-refractivity contribution >= 4 is 11.9 Å². The van der Waals surface area contributed by atoms with Crippen molar-refractivity contribution in [1.29, 1.82) is 0 Å². The Morgan fingerprint density at radius 3 is 2.26 bits per heavy atom. The molecule has 0 bridgehead atoms. The lowest BCUT2D eigenvalue weighted by atomic mass is 9.74. The summed E-state index contributed by atoms with van der Waals surface area (Å²) < 4.78 is 0. The van der Waals surface area contributed by atoms with Crippen molar-refractivity contribution < 1.29 is 14.7 Å². The van der Waals surface area contributed by atoms with Gasteiger partial charge in [-0.05, 0) is 24.8 Å². The van der Waals surface area contributed by atoms with Crippen LogP contribution in [0.2, 0.25) is 0 Å². The molecule has 1 amide bonds. The number of nitrogens with zero attached hydrogens (tertiary/aromatic N) is 1. The molecule has 102 valence electrons. The summed E-state index contributed by atoms with van der Waals surface area (Å²) in [6.45, 7) is 2.61. The zero-order chi connectivity index (χ0) is 13.9. The Morgan fingerprint density at radius 1 is 1.21 bits per heavy atom. The fourth-order valence-corrected chi connectivity index (χ4v) is 2.70. The largest absolute Gasteiger partial charge is 0.481 e. The van der Waals surface area contributed by atoms with Crippen molar-refractivity contribution in [3.05, 3.63) is 35.9 Å². The van der Waals surface area contributed by atoms with E-state index >= 15 is 0 Å². The lowest BCUT2D eigenvalue weighted by Crippen LogP contribution is -2.47. The molecule has 0 radical (unpaired) electrons. The van der Waals surface area contributed by atoms with Gasteiger partial charge >= 0.3 is 5.97 Å². The third-order valence-corrected chi connectivity index (χ3v) is 4.00. The van der Waals surface area contributed by atoms with E-state index in [1.165, 1.54) is 6.92 Å². The molecule has 1 heterocycles. The van der Waals surface area contributed by atoms with Crippen LogP contribution in [0.4, 0.5) is 0 Å². The Morgan fingerprint density at radius 2 is 1.79 bits per heavy atom. The van der Waals surface area contributed by atoms with Gasteiger partial charge in [-0.25, -0.2) is 0 Å². The number of piperidine rings is 1. The summed E-state index contributed by atoms with van der Waals surface area (Å²) in [7, 11) is 0. The molecule has 0 aliphatic carbocycles. The Hall–Kier alpha value is -1.84. The van der Waals surface area contributed by atoms with Crippen molar-refractivity contribution in [3.8, 4) is 0 Å². The first-order chi connectivity index (χ1) is 9.03. The van der Waals surface area contributed by atoms with Crippen LogP contribution >= 0.6 is 0 Å². The first-order valence-corrected chi connectivity index (χ1v) is 6.56. The second-order valence-electron chi connectivity index (χ2n) is 5.25. The first-order valence-electron chi connectivity index (χ1n) is 6.56. The van der Waals surface area contributed by atoms with Crippen LogP contribution in [0.15, 0.2) is 30.3 Å². The number of rotatable bonds is 3. The van der Waals surface area contributed by atoms with Gasteiger partial charge in [-0.15, -0.1) is 0 Å². The number of likely N-dealkylation sites (tertiary alicyclic amines) is 1. The minimum Gasteiger partial charge on any atom is -0.481 e. The zero-order valence-electron chi connectivity index (χ0n) is 11.1. The number of benzene rings is 1. The molecule has 4 heteroatoms. The lowest BCUT2D eigenvalue weighted by molar-refractivity contribution is -0.154. The van der Waals surface area contributed by atoms with E-state index in [4.69, 9.17) is 0 Å². The smallest absolute Gasteiger partial charge is 0.310 e. The van der Waals surface area contributed by atoms with E-state index < -0.39 is 11.4 Å². The molecule has 0 unspecified atom stereocenters. The molecule has 0 saturated carbocycles. The third-order valence-electron chi connectivity index (χ3n) is 4.00. The normalized spacial score (nSPS) is 18.1. The van der Waals surface area contributed by atoms with Gasteiger partial charge in [-0.3, -0.25) is 9.59 Å².